The van der Waals surface area contributed by atoms with Crippen molar-refractivity contribution < 1.29 is 14.3 Å². The number of nitrogens with zero attached hydrogens (tertiary/aromatic N) is 1. The number of rotatable bonds is 4. The van der Waals surface area contributed by atoms with E-state index in [2.05, 4.69) is 0 Å². The minimum atomic E-state index is -0.748. The molecule has 2 amide bonds. The number of fused-ring (bicyclic) bond motifs is 1. The molecule has 3 atom stereocenters. The summed E-state index contributed by atoms with van der Waals surface area (Å²) >= 11 is 2.90. The number of carbonyl (C=O) groups excluding carboxylic acids is 2. The van der Waals surface area contributed by atoms with Crippen molar-refractivity contribution in [2.75, 3.05) is 11.2 Å². The van der Waals surface area contributed by atoms with Crippen LogP contribution < -0.4 is 9.64 Å². The number of thioether (sulfide) groups is 2. The van der Waals surface area contributed by atoms with E-state index in [4.69, 9.17) is 4.74 Å². The minimum Gasteiger partial charge on any atom is -0.466 e. The number of amides is 2. The van der Waals surface area contributed by atoms with Crippen LogP contribution >= 0.6 is 23.5 Å². The van der Waals surface area contributed by atoms with Gasteiger partial charge in [0, 0.05) is 0 Å². The molecule has 6 heteroatoms. The highest BCUT2D eigenvalue weighted by Gasteiger charge is 2.70. The first-order chi connectivity index (χ1) is 11.7. The molecule has 2 fully saturated rings. The molecule has 2 saturated heterocycles. The van der Waals surface area contributed by atoms with Crippen molar-refractivity contribution in [1.29, 1.82) is 0 Å². The SMILES string of the molecule is CS[C@]1(Oc2ccccc2)S[C@@H]2C(=O)N(c3ccccc3)C(=O)[C@@H]21. The average Bonchev–Trinajstić information content (AvgIpc) is 2.80. The summed E-state index contributed by atoms with van der Waals surface area (Å²) in [4.78, 5) is 26.9. The van der Waals surface area contributed by atoms with Crippen LogP contribution in [0.15, 0.2) is 60.7 Å². The van der Waals surface area contributed by atoms with E-state index in [0.29, 0.717) is 11.4 Å². The van der Waals surface area contributed by atoms with Crippen LogP contribution in [0.4, 0.5) is 5.69 Å². The van der Waals surface area contributed by atoms with Gasteiger partial charge in [0.15, 0.2) is 0 Å². The first-order valence-electron chi connectivity index (χ1n) is 7.56. The van der Waals surface area contributed by atoms with Crippen LogP contribution in [0.2, 0.25) is 0 Å². The second-order valence-electron chi connectivity index (χ2n) is 5.59. The van der Waals surface area contributed by atoms with Gasteiger partial charge in [-0.15, -0.1) is 11.8 Å². The van der Waals surface area contributed by atoms with Gasteiger partial charge in [0.1, 0.15) is 16.9 Å². The minimum absolute atomic E-state index is 0.150. The predicted octanol–water partition coefficient (Wildman–Crippen LogP) is 3.39. The molecule has 0 spiro atoms. The van der Waals surface area contributed by atoms with Crippen LogP contribution in [-0.4, -0.2) is 27.6 Å². The molecule has 0 N–H and O–H groups in total. The fraction of sp³-hybridized carbons (Fsp3) is 0.222. The average molecular weight is 357 g/mol. The number of hydrogen-bond donors (Lipinski definition) is 0. The molecule has 4 rings (SSSR count). The second-order valence-corrected chi connectivity index (χ2v) is 8.21. The first kappa shape index (κ1) is 15.6. The summed E-state index contributed by atoms with van der Waals surface area (Å²) in [5, 5.41) is -0.367. The van der Waals surface area contributed by atoms with Crippen molar-refractivity contribution in [3.8, 4) is 5.75 Å². The lowest BCUT2D eigenvalue weighted by Gasteiger charge is -2.46. The lowest BCUT2D eigenvalue weighted by Crippen LogP contribution is -2.55. The molecule has 122 valence electrons. The Bertz CT molecular complexity index is 783. The van der Waals surface area contributed by atoms with Gasteiger partial charge in [-0.3, -0.25) is 9.59 Å². The molecule has 0 saturated carbocycles. The summed E-state index contributed by atoms with van der Waals surface area (Å²) in [5.74, 6) is -0.0932. The van der Waals surface area contributed by atoms with Crippen molar-refractivity contribution in [1.82, 2.24) is 0 Å². The Morgan fingerprint density at radius 1 is 1.00 bits per heavy atom. The van der Waals surface area contributed by atoms with Crippen LogP contribution in [-0.2, 0) is 9.59 Å². The fourth-order valence-corrected chi connectivity index (χ4v) is 5.83. The van der Waals surface area contributed by atoms with E-state index in [1.165, 1.54) is 28.4 Å². The maximum atomic E-state index is 12.9. The summed E-state index contributed by atoms with van der Waals surface area (Å²) in [6.45, 7) is 0. The molecule has 24 heavy (non-hydrogen) atoms. The number of imide groups is 1. The van der Waals surface area contributed by atoms with Crippen LogP contribution in [0.1, 0.15) is 0 Å². The molecule has 0 radical (unpaired) electrons. The van der Waals surface area contributed by atoms with Crippen LogP contribution in [0, 0.1) is 5.92 Å². The van der Waals surface area contributed by atoms with E-state index in [-0.39, 0.29) is 17.1 Å². The lowest BCUT2D eigenvalue weighted by atomic mass is 10.1. The largest absolute Gasteiger partial charge is 0.466 e. The number of carbonyl (C=O) groups is 2. The van der Waals surface area contributed by atoms with Gasteiger partial charge in [-0.2, -0.15) is 0 Å². The standard InChI is InChI=1S/C18H15NO3S2/c1-23-18(22-13-10-6-3-7-11-13)14-15(24-18)17(21)19(16(14)20)12-8-4-2-5-9-12/h2-11,14-15H,1H3/t14-,15+,18+/m1/s1. The third-order valence-corrected chi connectivity index (χ3v) is 7.32. The van der Waals surface area contributed by atoms with Crippen LogP contribution in [0.3, 0.4) is 0 Å². The Morgan fingerprint density at radius 2 is 1.62 bits per heavy atom. The number of anilines is 1. The van der Waals surface area contributed by atoms with Gasteiger partial charge in [0.25, 0.3) is 0 Å². The molecular formula is C18H15NO3S2. The molecule has 0 aromatic heterocycles. The summed E-state index contributed by atoms with van der Waals surface area (Å²) in [5.41, 5.74) is 0.622. The number of ether oxygens (including phenoxy) is 1. The Morgan fingerprint density at radius 3 is 2.25 bits per heavy atom. The highest BCUT2D eigenvalue weighted by atomic mass is 32.2. The lowest BCUT2D eigenvalue weighted by molar-refractivity contribution is -0.123. The van der Waals surface area contributed by atoms with Gasteiger partial charge in [-0.05, 0) is 30.5 Å². The number of hydrogen-bond acceptors (Lipinski definition) is 5. The maximum absolute atomic E-state index is 12.9. The molecule has 2 aromatic carbocycles. The summed E-state index contributed by atoms with van der Waals surface area (Å²) in [6.07, 6.45) is 1.91. The van der Waals surface area contributed by atoms with E-state index in [1.807, 2.05) is 54.8 Å². The van der Waals surface area contributed by atoms with E-state index < -0.39 is 10.2 Å². The Balaban J connectivity index is 1.64. The number of para-hydroxylation sites is 2. The van der Waals surface area contributed by atoms with Crippen molar-refractivity contribution in [2.24, 2.45) is 5.92 Å². The third-order valence-electron chi connectivity index (χ3n) is 4.23. The summed E-state index contributed by atoms with van der Waals surface area (Å²) in [7, 11) is 0. The van der Waals surface area contributed by atoms with Gasteiger partial charge in [-0.25, -0.2) is 4.90 Å². The van der Waals surface area contributed by atoms with Crippen LogP contribution in [0.5, 0.6) is 5.75 Å². The molecule has 0 aliphatic carbocycles. The van der Waals surface area contributed by atoms with Crippen molar-refractivity contribution in [2.45, 2.75) is 9.52 Å². The monoisotopic (exact) mass is 357 g/mol. The van der Waals surface area contributed by atoms with Crippen LogP contribution in [0.25, 0.3) is 0 Å². The van der Waals surface area contributed by atoms with Gasteiger partial charge in [-0.1, -0.05) is 48.2 Å². The van der Waals surface area contributed by atoms with Crippen molar-refractivity contribution in [3.05, 3.63) is 60.7 Å². The van der Waals surface area contributed by atoms with Gasteiger partial charge < -0.3 is 4.74 Å². The Labute approximate surface area is 148 Å². The highest BCUT2D eigenvalue weighted by Crippen LogP contribution is 2.62. The van der Waals surface area contributed by atoms with Gasteiger partial charge in [0.05, 0.1) is 5.69 Å². The second kappa shape index (κ2) is 5.86. The Kier molecular flexibility index (Phi) is 3.81. The van der Waals surface area contributed by atoms with Crippen molar-refractivity contribution >= 4 is 41.0 Å². The molecule has 2 aromatic rings. The van der Waals surface area contributed by atoms with Crippen molar-refractivity contribution in [3.63, 3.8) is 0 Å². The summed E-state index contributed by atoms with van der Waals surface area (Å²) in [6, 6.07) is 18.5. The molecule has 0 bridgehead atoms. The van der Waals surface area contributed by atoms with E-state index in [0.717, 1.165) is 0 Å². The molecular weight excluding hydrogens is 342 g/mol. The zero-order valence-corrected chi connectivity index (χ0v) is 14.5. The summed E-state index contributed by atoms with van der Waals surface area (Å²) < 4.78 is 5.38. The normalized spacial score (nSPS) is 28.5. The fourth-order valence-electron chi connectivity index (χ4n) is 3.07. The Hall–Kier alpha value is -1.92. The van der Waals surface area contributed by atoms with E-state index in [1.54, 1.807) is 12.1 Å². The highest BCUT2D eigenvalue weighted by molar-refractivity contribution is 8.19. The molecule has 2 heterocycles. The zero-order valence-electron chi connectivity index (χ0n) is 12.9. The van der Waals surface area contributed by atoms with E-state index >= 15 is 0 Å². The topological polar surface area (TPSA) is 46.6 Å². The number of benzene rings is 2. The quantitative estimate of drug-likeness (QED) is 0.620. The first-order valence-corrected chi connectivity index (χ1v) is 9.66. The zero-order chi connectivity index (χ0) is 16.7. The smallest absolute Gasteiger partial charge is 0.248 e. The molecule has 0 unspecified atom stereocenters. The van der Waals surface area contributed by atoms with Gasteiger partial charge >= 0.3 is 0 Å². The van der Waals surface area contributed by atoms with Gasteiger partial charge in [0.2, 0.25) is 16.1 Å². The molecule has 2 aliphatic heterocycles. The maximum Gasteiger partial charge on any atom is 0.248 e. The molecule has 2 aliphatic rings. The van der Waals surface area contributed by atoms with E-state index in [9.17, 15) is 9.59 Å². The molecule has 4 nitrogen and oxygen atoms in total. The third kappa shape index (κ3) is 2.24. The predicted molar refractivity (Wildman–Crippen MR) is 97.1 cm³/mol.